The van der Waals surface area contributed by atoms with Crippen LogP contribution in [-0.4, -0.2) is 23.7 Å². The lowest BCUT2D eigenvalue weighted by Gasteiger charge is -2.15. The molecule has 0 aromatic carbocycles. The number of hydrogen-bond acceptors (Lipinski definition) is 2. The number of halogens is 1. The molecule has 1 rings (SSSR count). The van der Waals surface area contributed by atoms with E-state index in [0.717, 1.165) is 6.42 Å². The van der Waals surface area contributed by atoms with E-state index in [2.05, 4.69) is 0 Å². The zero-order valence-electron chi connectivity index (χ0n) is 8.20. The van der Waals surface area contributed by atoms with Gasteiger partial charge in [-0.1, -0.05) is 6.07 Å². The predicted octanol–water partition coefficient (Wildman–Crippen LogP) is 2.73. The molecule has 0 aliphatic heterocycles. The van der Waals surface area contributed by atoms with E-state index in [-0.39, 0.29) is 5.91 Å². The van der Waals surface area contributed by atoms with Crippen LogP contribution in [0.25, 0.3) is 0 Å². The van der Waals surface area contributed by atoms with Gasteiger partial charge in [0.1, 0.15) is 0 Å². The number of hydrogen-bond donors (Lipinski definition) is 0. The van der Waals surface area contributed by atoms with Crippen LogP contribution in [0.1, 0.15) is 17.7 Å². The van der Waals surface area contributed by atoms with Crippen molar-refractivity contribution < 1.29 is 4.79 Å². The topological polar surface area (TPSA) is 20.3 Å². The third-order valence-corrected chi connectivity index (χ3v) is 3.05. The summed E-state index contributed by atoms with van der Waals surface area (Å²) in [4.78, 5) is 14.5. The van der Waals surface area contributed by atoms with E-state index >= 15 is 0 Å². The number of alkyl halides is 1. The maximum absolute atomic E-state index is 11.5. The largest absolute Gasteiger partial charge is 0.341 e. The van der Waals surface area contributed by atoms with Gasteiger partial charge in [0.15, 0.2) is 0 Å². The minimum absolute atomic E-state index is 0.166. The summed E-state index contributed by atoms with van der Waals surface area (Å²) in [6.07, 6.45) is 1.31. The van der Waals surface area contributed by atoms with Crippen molar-refractivity contribution in [3.05, 3.63) is 22.4 Å². The van der Waals surface area contributed by atoms with Gasteiger partial charge in [-0.3, -0.25) is 4.79 Å². The van der Waals surface area contributed by atoms with E-state index in [4.69, 9.17) is 11.6 Å². The number of nitrogens with zero attached hydrogens (tertiary/aromatic N) is 1. The van der Waals surface area contributed by atoms with Gasteiger partial charge in [-0.05, 0) is 17.9 Å². The first-order chi connectivity index (χ1) is 6.74. The van der Waals surface area contributed by atoms with Crippen molar-refractivity contribution in [2.75, 3.05) is 12.9 Å². The normalized spacial score (nSPS) is 10.1. The molecule has 0 spiro atoms. The highest BCUT2D eigenvalue weighted by molar-refractivity contribution is 7.09. The van der Waals surface area contributed by atoms with E-state index in [0.29, 0.717) is 18.8 Å². The number of thiophene rings is 1. The molecule has 0 bridgehead atoms. The van der Waals surface area contributed by atoms with Gasteiger partial charge in [0, 0.05) is 24.2 Å². The third kappa shape index (κ3) is 3.68. The van der Waals surface area contributed by atoms with Gasteiger partial charge in [0.25, 0.3) is 0 Å². The first kappa shape index (κ1) is 11.5. The molecule has 0 N–H and O–H groups in total. The van der Waals surface area contributed by atoms with Crippen LogP contribution in [0.2, 0.25) is 0 Å². The fourth-order valence-corrected chi connectivity index (χ4v) is 2.02. The molecule has 0 saturated carbocycles. The van der Waals surface area contributed by atoms with Crippen molar-refractivity contribution in [3.8, 4) is 0 Å². The van der Waals surface area contributed by atoms with Gasteiger partial charge in [-0.15, -0.1) is 22.9 Å². The highest BCUT2D eigenvalue weighted by Gasteiger charge is 2.08. The second-order valence-electron chi connectivity index (χ2n) is 3.12. The summed E-state index contributed by atoms with van der Waals surface area (Å²) in [6, 6.07) is 4.03. The van der Waals surface area contributed by atoms with Gasteiger partial charge in [0.05, 0.1) is 6.54 Å². The van der Waals surface area contributed by atoms with Crippen molar-refractivity contribution in [2.45, 2.75) is 19.4 Å². The monoisotopic (exact) mass is 231 g/mol. The Labute approximate surface area is 93.5 Å². The van der Waals surface area contributed by atoms with E-state index < -0.39 is 0 Å². The van der Waals surface area contributed by atoms with Gasteiger partial charge in [-0.2, -0.15) is 0 Å². The summed E-state index contributed by atoms with van der Waals surface area (Å²) in [6.45, 7) is 0.707. The van der Waals surface area contributed by atoms with Gasteiger partial charge >= 0.3 is 0 Å². The summed E-state index contributed by atoms with van der Waals surface area (Å²) in [5.74, 6) is 0.720. The summed E-state index contributed by atoms with van der Waals surface area (Å²) >= 11 is 7.20. The Balaban J connectivity index is 2.34. The van der Waals surface area contributed by atoms with Crippen molar-refractivity contribution >= 4 is 28.8 Å². The fourth-order valence-electron chi connectivity index (χ4n) is 1.13. The SMILES string of the molecule is CN(Cc1cccs1)C(=O)CCCCl. The van der Waals surface area contributed by atoms with Crippen molar-refractivity contribution in [3.63, 3.8) is 0 Å². The lowest BCUT2D eigenvalue weighted by molar-refractivity contribution is -0.130. The molecule has 1 heterocycles. The Morgan fingerprint density at radius 2 is 2.43 bits per heavy atom. The van der Waals surface area contributed by atoms with Crippen LogP contribution in [0, 0.1) is 0 Å². The zero-order chi connectivity index (χ0) is 10.4. The first-order valence-corrected chi connectivity index (χ1v) is 5.97. The minimum atomic E-state index is 0.166. The Hall–Kier alpha value is -0.540. The predicted molar refractivity (Wildman–Crippen MR) is 60.7 cm³/mol. The standard InChI is InChI=1S/C10H14ClNOS/c1-12(10(13)5-2-6-11)8-9-4-3-7-14-9/h3-4,7H,2,5-6,8H2,1H3. The average molecular weight is 232 g/mol. The van der Waals surface area contributed by atoms with E-state index in [1.54, 1.807) is 16.2 Å². The molecule has 0 aliphatic rings. The van der Waals surface area contributed by atoms with Crippen LogP contribution in [-0.2, 0) is 11.3 Å². The molecular formula is C10H14ClNOS. The smallest absolute Gasteiger partial charge is 0.222 e. The number of carbonyl (C=O) groups excluding carboxylic acids is 1. The summed E-state index contributed by atoms with van der Waals surface area (Å²) in [5.41, 5.74) is 0. The minimum Gasteiger partial charge on any atom is -0.341 e. The Morgan fingerprint density at radius 1 is 1.64 bits per heavy atom. The molecular weight excluding hydrogens is 218 g/mol. The summed E-state index contributed by atoms with van der Waals surface area (Å²) < 4.78 is 0. The van der Waals surface area contributed by atoms with Crippen LogP contribution in [0.3, 0.4) is 0 Å². The maximum Gasteiger partial charge on any atom is 0.222 e. The Morgan fingerprint density at radius 3 is 3.00 bits per heavy atom. The van der Waals surface area contributed by atoms with E-state index in [1.165, 1.54) is 4.88 Å². The lowest BCUT2D eigenvalue weighted by atomic mass is 10.3. The second-order valence-corrected chi connectivity index (χ2v) is 4.53. The lowest BCUT2D eigenvalue weighted by Crippen LogP contribution is -2.25. The van der Waals surface area contributed by atoms with Gasteiger partial charge in [-0.25, -0.2) is 0 Å². The average Bonchev–Trinajstić information content (AvgIpc) is 2.66. The number of carbonyl (C=O) groups is 1. The molecule has 1 aromatic heterocycles. The molecule has 0 radical (unpaired) electrons. The molecule has 0 saturated heterocycles. The molecule has 0 aliphatic carbocycles. The van der Waals surface area contributed by atoms with Crippen LogP contribution >= 0.6 is 22.9 Å². The van der Waals surface area contributed by atoms with Crippen LogP contribution in [0.4, 0.5) is 0 Å². The van der Waals surface area contributed by atoms with Crippen molar-refractivity contribution in [1.29, 1.82) is 0 Å². The Bertz CT molecular complexity index is 274. The first-order valence-electron chi connectivity index (χ1n) is 4.56. The number of rotatable bonds is 5. The molecule has 2 nitrogen and oxygen atoms in total. The second kappa shape index (κ2) is 6.04. The molecule has 14 heavy (non-hydrogen) atoms. The molecule has 1 amide bonds. The highest BCUT2D eigenvalue weighted by atomic mass is 35.5. The zero-order valence-corrected chi connectivity index (χ0v) is 9.77. The fraction of sp³-hybridized carbons (Fsp3) is 0.500. The molecule has 1 aromatic rings. The van der Waals surface area contributed by atoms with Crippen molar-refractivity contribution in [1.82, 2.24) is 4.90 Å². The van der Waals surface area contributed by atoms with E-state index in [9.17, 15) is 4.79 Å². The molecule has 4 heteroatoms. The Kier molecular flexibility index (Phi) is 4.98. The number of amides is 1. The quantitative estimate of drug-likeness (QED) is 0.714. The summed E-state index contributed by atoms with van der Waals surface area (Å²) in [7, 11) is 1.83. The van der Waals surface area contributed by atoms with Gasteiger partial charge in [0.2, 0.25) is 5.91 Å². The molecule has 0 atom stereocenters. The third-order valence-electron chi connectivity index (χ3n) is 1.92. The maximum atomic E-state index is 11.5. The molecule has 0 unspecified atom stereocenters. The van der Waals surface area contributed by atoms with Crippen LogP contribution in [0.15, 0.2) is 17.5 Å². The molecule has 78 valence electrons. The van der Waals surface area contributed by atoms with Gasteiger partial charge < -0.3 is 4.90 Å². The van der Waals surface area contributed by atoms with Crippen molar-refractivity contribution in [2.24, 2.45) is 0 Å². The van der Waals surface area contributed by atoms with Crippen LogP contribution < -0.4 is 0 Å². The summed E-state index contributed by atoms with van der Waals surface area (Å²) in [5, 5.41) is 2.02. The van der Waals surface area contributed by atoms with Crippen LogP contribution in [0.5, 0.6) is 0 Å². The van der Waals surface area contributed by atoms with E-state index in [1.807, 2.05) is 24.6 Å². The highest BCUT2D eigenvalue weighted by Crippen LogP contribution is 2.11. The molecule has 0 fully saturated rings.